The van der Waals surface area contributed by atoms with E-state index in [4.69, 9.17) is 0 Å². The van der Waals surface area contributed by atoms with Crippen molar-refractivity contribution >= 4 is 0 Å². The summed E-state index contributed by atoms with van der Waals surface area (Å²) in [5.41, 5.74) is 1.23. The highest BCUT2D eigenvalue weighted by Crippen LogP contribution is 2.82. The molecule has 3 fully saturated rings. The van der Waals surface area contributed by atoms with Gasteiger partial charge in [0.25, 0.3) is 0 Å². The molecule has 3 aliphatic rings. The maximum Gasteiger partial charge on any atom is 0.0160 e. The van der Waals surface area contributed by atoms with Crippen LogP contribution >= 0.6 is 0 Å². The number of hydrogen-bond donors (Lipinski definition) is 0. The Balaban J connectivity index is 1.92. The van der Waals surface area contributed by atoms with Gasteiger partial charge in [-0.1, -0.05) is 48.5 Å². The van der Waals surface area contributed by atoms with Crippen LogP contribution < -0.4 is 0 Å². The fourth-order valence-corrected chi connectivity index (χ4v) is 6.21. The lowest BCUT2D eigenvalue weighted by atomic mass is 9.83. The molecule has 4 unspecified atom stereocenters. The molecule has 18 heavy (non-hydrogen) atoms. The van der Waals surface area contributed by atoms with Gasteiger partial charge in [-0.15, -0.1) is 0 Å². The Hall–Kier alpha value is -0.0400. The van der Waals surface area contributed by atoms with Crippen LogP contribution in [0.5, 0.6) is 0 Å². The molecule has 3 saturated carbocycles. The van der Waals surface area contributed by atoms with Gasteiger partial charge in [0.05, 0.1) is 0 Å². The van der Waals surface area contributed by atoms with Crippen LogP contribution in [0.3, 0.4) is 0 Å². The van der Waals surface area contributed by atoms with Crippen molar-refractivity contribution in [3.63, 3.8) is 0 Å². The molecule has 0 saturated heterocycles. The van der Waals surface area contributed by atoms with Crippen molar-refractivity contribution in [3.8, 4) is 0 Å². The maximum atomic E-state index is 2.75. The zero-order chi connectivity index (χ0) is 13.5. The van der Waals surface area contributed by atoms with Crippen molar-refractivity contribution in [1.29, 1.82) is 0 Å². The third-order valence-electron chi connectivity index (χ3n) is 7.09. The normalized spacial score (nSPS) is 50.7. The molecule has 0 aromatic carbocycles. The third kappa shape index (κ3) is 1.32. The summed E-state index contributed by atoms with van der Waals surface area (Å²) in [6.07, 6.45) is 0. The Morgan fingerprint density at radius 3 is 1.72 bits per heavy atom. The van der Waals surface area contributed by atoms with Crippen molar-refractivity contribution in [2.24, 2.45) is 40.4 Å². The summed E-state index contributed by atoms with van der Waals surface area (Å²) < 4.78 is 0. The first-order valence-corrected chi connectivity index (χ1v) is 8.04. The van der Waals surface area contributed by atoms with Gasteiger partial charge >= 0.3 is 0 Å². The summed E-state index contributed by atoms with van der Waals surface area (Å²) in [6.45, 7) is 19.8. The lowest BCUT2D eigenvalue weighted by molar-refractivity contribution is 0.0975. The van der Waals surface area contributed by atoms with E-state index >= 15 is 0 Å². The highest BCUT2D eigenvalue weighted by atomic mass is 15.2. The molecule has 0 spiro atoms. The number of rotatable bonds is 3. The molecule has 0 N–H and O–H groups in total. The van der Waals surface area contributed by atoms with Crippen LogP contribution in [-0.4, -0.2) is 24.0 Å². The van der Waals surface area contributed by atoms with Gasteiger partial charge in [0, 0.05) is 6.04 Å². The first-order valence-electron chi connectivity index (χ1n) is 8.04. The molecule has 0 heterocycles. The zero-order valence-corrected chi connectivity index (χ0v) is 13.3. The smallest absolute Gasteiger partial charge is 0.0160 e. The van der Waals surface area contributed by atoms with Gasteiger partial charge in [-0.05, 0) is 53.5 Å². The second-order valence-corrected chi connectivity index (χ2v) is 8.32. The minimum Gasteiger partial charge on any atom is -0.300 e. The predicted octanol–water partition coefficient (Wildman–Crippen LogP) is 3.89. The van der Waals surface area contributed by atoms with Crippen LogP contribution in [0.25, 0.3) is 0 Å². The molecular weight excluding hydrogens is 218 g/mol. The quantitative estimate of drug-likeness (QED) is 0.733. The standard InChI is InChI=1S/C17H31N/c1-8-18(9-2)15-10(3)11-12(16(11,4)5)13-14(15)17(13,6)7/h10-15H,8-9H2,1-7H3/t10-,11?,12?,13?,14?,15+/m1/s1. The lowest BCUT2D eigenvalue weighted by Crippen LogP contribution is -2.44. The minimum absolute atomic E-state index is 0.606. The Labute approximate surface area is 113 Å². The molecule has 0 aromatic rings. The predicted molar refractivity (Wildman–Crippen MR) is 77.4 cm³/mol. The fourth-order valence-electron chi connectivity index (χ4n) is 6.21. The molecule has 104 valence electrons. The van der Waals surface area contributed by atoms with Crippen LogP contribution in [0.2, 0.25) is 0 Å². The molecule has 3 rings (SSSR count). The van der Waals surface area contributed by atoms with Crippen LogP contribution in [0.4, 0.5) is 0 Å². The van der Waals surface area contributed by atoms with Gasteiger partial charge in [0.1, 0.15) is 0 Å². The van der Waals surface area contributed by atoms with E-state index in [0.29, 0.717) is 10.8 Å². The second kappa shape index (κ2) is 3.53. The van der Waals surface area contributed by atoms with Gasteiger partial charge in [0.15, 0.2) is 0 Å². The summed E-state index contributed by atoms with van der Waals surface area (Å²) >= 11 is 0. The van der Waals surface area contributed by atoms with E-state index in [1.165, 1.54) is 13.1 Å². The van der Waals surface area contributed by atoms with E-state index in [1.807, 2.05) is 0 Å². The molecular formula is C17H31N. The van der Waals surface area contributed by atoms with E-state index in [0.717, 1.165) is 35.6 Å². The van der Waals surface area contributed by atoms with Crippen molar-refractivity contribution in [2.75, 3.05) is 13.1 Å². The summed E-state index contributed by atoms with van der Waals surface area (Å²) in [4.78, 5) is 2.75. The molecule has 0 radical (unpaired) electrons. The Bertz CT molecular complexity index is 353. The van der Waals surface area contributed by atoms with Gasteiger partial charge < -0.3 is 4.90 Å². The highest BCUT2D eigenvalue weighted by Gasteiger charge is 2.80. The van der Waals surface area contributed by atoms with Gasteiger partial charge in [-0.25, -0.2) is 0 Å². The van der Waals surface area contributed by atoms with Crippen LogP contribution in [0, 0.1) is 40.4 Å². The molecule has 3 aliphatic carbocycles. The summed E-state index contributed by atoms with van der Waals surface area (Å²) in [5.74, 6) is 4.90. The summed E-state index contributed by atoms with van der Waals surface area (Å²) in [7, 11) is 0. The number of fused-ring (bicyclic) bond motifs is 3. The average Bonchev–Trinajstić information content (AvgIpc) is 3.05. The first-order chi connectivity index (χ1) is 8.30. The molecule has 6 atom stereocenters. The SMILES string of the molecule is CCN(CC)[C@@H]1C2C(C3C([C@H]1C)C3(C)C)C2(C)C. The lowest BCUT2D eigenvalue weighted by Gasteiger charge is -2.38. The average molecular weight is 249 g/mol. The van der Waals surface area contributed by atoms with Crippen LogP contribution in [-0.2, 0) is 0 Å². The zero-order valence-electron chi connectivity index (χ0n) is 13.3. The Morgan fingerprint density at radius 2 is 1.22 bits per heavy atom. The summed E-state index contributed by atoms with van der Waals surface area (Å²) in [6, 6.07) is 0.850. The minimum atomic E-state index is 0.606. The first kappa shape index (κ1) is 13.0. The van der Waals surface area contributed by atoms with E-state index in [-0.39, 0.29) is 0 Å². The van der Waals surface area contributed by atoms with Gasteiger partial charge in [-0.2, -0.15) is 0 Å². The van der Waals surface area contributed by atoms with Gasteiger partial charge in [-0.3, -0.25) is 0 Å². The van der Waals surface area contributed by atoms with Gasteiger partial charge in [0.2, 0.25) is 0 Å². The molecule has 1 heteroatoms. The van der Waals surface area contributed by atoms with E-state index in [1.54, 1.807) is 0 Å². The monoisotopic (exact) mass is 249 g/mol. The van der Waals surface area contributed by atoms with Crippen molar-refractivity contribution in [1.82, 2.24) is 4.90 Å². The Morgan fingerprint density at radius 1 is 0.778 bits per heavy atom. The van der Waals surface area contributed by atoms with Crippen LogP contribution in [0.15, 0.2) is 0 Å². The topological polar surface area (TPSA) is 3.24 Å². The molecule has 0 bridgehead atoms. The number of nitrogens with zero attached hydrogens (tertiary/aromatic N) is 1. The van der Waals surface area contributed by atoms with E-state index < -0.39 is 0 Å². The largest absolute Gasteiger partial charge is 0.300 e. The van der Waals surface area contributed by atoms with E-state index in [9.17, 15) is 0 Å². The van der Waals surface area contributed by atoms with Crippen molar-refractivity contribution in [3.05, 3.63) is 0 Å². The third-order valence-corrected chi connectivity index (χ3v) is 7.09. The van der Waals surface area contributed by atoms with E-state index in [2.05, 4.69) is 53.4 Å². The van der Waals surface area contributed by atoms with Crippen LogP contribution in [0.1, 0.15) is 48.5 Å². The van der Waals surface area contributed by atoms with Crippen molar-refractivity contribution in [2.45, 2.75) is 54.5 Å². The molecule has 0 aliphatic heterocycles. The van der Waals surface area contributed by atoms with Crippen molar-refractivity contribution < 1.29 is 0 Å². The number of hydrogen-bond acceptors (Lipinski definition) is 1. The molecule has 1 nitrogen and oxygen atoms in total. The second-order valence-electron chi connectivity index (χ2n) is 8.32. The molecule has 0 amide bonds. The summed E-state index contributed by atoms with van der Waals surface area (Å²) in [5, 5.41) is 0. The molecule has 0 aromatic heterocycles. The highest BCUT2D eigenvalue weighted by molar-refractivity contribution is 5.28. The fraction of sp³-hybridized carbons (Fsp3) is 1.00. The Kier molecular flexibility index (Phi) is 2.55. The maximum absolute atomic E-state index is 2.75.